The summed E-state index contributed by atoms with van der Waals surface area (Å²) in [5.41, 5.74) is 2.44. The van der Waals surface area contributed by atoms with E-state index < -0.39 is 5.97 Å². The first-order chi connectivity index (χ1) is 15.4. The van der Waals surface area contributed by atoms with Gasteiger partial charge in [-0.15, -0.1) is 11.3 Å². The topological polar surface area (TPSA) is 55.8 Å². The predicted octanol–water partition coefficient (Wildman–Crippen LogP) is 6.45. The smallest absolute Gasteiger partial charge is 0.353 e. The molecule has 0 atom stereocenters. The fourth-order valence-corrected chi connectivity index (χ4v) is 5.53. The van der Waals surface area contributed by atoms with E-state index in [2.05, 4.69) is 15.9 Å². The zero-order valence-corrected chi connectivity index (χ0v) is 21.0. The van der Waals surface area contributed by atoms with Gasteiger partial charge in [-0.05, 0) is 69.7 Å². The minimum Gasteiger partial charge on any atom is -0.493 e. The zero-order valence-electron chi connectivity index (χ0n) is 17.0. The highest BCUT2D eigenvalue weighted by molar-refractivity contribution is 9.10. The van der Waals surface area contributed by atoms with E-state index in [4.69, 9.17) is 21.7 Å². The van der Waals surface area contributed by atoms with Crippen LogP contribution in [0.1, 0.15) is 20.8 Å². The van der Waals surface area contributed by atoms with Crippen LogP contribution in [0.2, 0.25) is 0 Å². The number of amides is 1. The van der Waals surface area contributed by atoms with Crippen LogP contribution in [0.15, 0.2) is 63.3 Å². The Kier molecular flexibility index (Phi) is 6.80. The average Bonchev–Trinajstić information content (AvgIpc) is 3.39. The van der Waals surface area contributed by atoms with Crippen molar-refractivity contribution >= 4 is 79.2 Å². The third-order valence-electron chi connectivity index (χ3n) is 4.62. The Hall–Kier alpha value is -2.46. The van der Waals surface area contributed by atoms with Crippen molar-refractivity contribution in [2.45, 2.75) is 6.92 Å². The van der Waals surface area contributed by atoms with Crippen molar-refractivity contribution in [2.75, 3.05) is 12.0 Å². The molecule has 32 heavy (non-hydrogen) atoms. The van der Waals surface area contributed by atoms with Gasteiger partial charge in [-0.25, -0.2) is 4.79 Å². The van der Waals surface area contributed by atoms with Crippen LogP contribution >= 0.6 is 51.2 Å². The molecule has 1 fully saturated rings. The van der Waals surface area contributed by atoms with Gasteiger partial charge < -0.3 is 9.47 Å². The number of benzene rings is 2. The molecule has 0 aliphatic carbocycles. The first kappa shape index (κ1) is 22.7. The van der Waals surface area contributed by atoms with Crippen molar-refractivity contribution < 1.29 is 19.1 Å². The predicted molar refractivity (Wildman–Crippen MR) is 137 cm³/mol. The third-order valence-corrected chi connectivity index (χ3v) is 7.36. The Morgan fingerprint density at radius 2 is 1.97 bits per heavy atom. The van der Waals surface area contributed by atoms with Gasteiger partial charge in [0.15, 0.2) is 15.8 Å². The number of ether oxygens (including phenoxy) is 2. The molecular formula is C23H16BrNO4S3. The van der Waals surface area contributed by atoms with E-state index in [1.807, 2.05) is 31.2 Å². The summed E-state index contributed by atoms with van der Waals surface area (Å²) >= 11 is 11.5. The number of nitrogens with zero attached hydrogens (tertiary/aromatic N) is 1. The lowest BCUT2D eigenvalue weighted by Crippen LogP contribution is -2.28. The first-order valence-corrected chi connectivity index (χ1v) is 12.3. The van der Waals surface area contributed by atoms with Gasteiger partial charge in [0.25, 0.3) is 5.91 Å². The molecule has 1 aliphatic rings. The summed E-state index contributed by atoms with van der Waals surface area (Å²) in [7, 11) is 1.49. The van der Waals surface area contributed by atoms with Crippen LogP contribution in [0.3, 0.4) is 0 Å². The monoisotopic (exact) mass is 545 g/mol. The zero-order chi connectivity index (χ0) is 22.8. The summed E-state index contributed by atoms with van der Waals surface area (Å²) in [6.07, 6.45) is 1.75. The number of anilines is 1. The molecule has 0 N–H and O–H groups in total. The van der Waals surface area contributed by atoms with Crippen molar-refractivity contribution in [2.24, 2.45) is 0 Å². The molecular weight excluding hydrogens is 530 g/mol. The molecule has 0 spiro atoms. The van der Waals surface area contributed by atoms with Gasteiger partial charge in [0.2, 0.25) is 0 Å². The van der Waals surface area contributed by atoms with Gasteiger partial charge in [0.05, 0.1) is 22.2 Å². The molecule has 2 aromatic carbocycles. The summed E-state index contributed by atoms with van der Waals surface area (Å²) in [6.45, 7) is 1.94. The maximum atomic E-state index is 13.1. The summed E-state index contributed by atoms with van der Waals surface area (Å²) in [4.78, 5) is 28.0. The molecule has 3 aromatic rings. The van der Waals surface area contributed by atoms with Crippen LogP contribution in [0.4, 0.5) is 5.69 Å². The second-order valence-corrected chi connectivity index (χ2v) is 10.2. The molecule has 0 bridgehead atoms. The number of methoxy groups -OCH3 is 1. The van der Waals surface area contributed by atoms with Gasteiger partial charge in [0.1, 0.15) is 4.88 Å². The minimum atomic E-state index is -0.467. The third kappa shape index (κ3) is 4.52. The highest BCUT2D eigenvalue weighted by Gasteiger charge is 2.34. The van der Waals surface area contributed by atoms with Gasteiger partial charge in [-0.2, -0.15) is 0 Å². The van der Waals surface area contributed by atoms with Gasteiger partial charge >= 0.3 is 5.97 Å². The van der Waals surface area contributed by atoms with Crippen molar-refractivity contribution in [1.29, 1.82) is 0 Å². The van der Waals surface area contributed by atoms with Crippen LogP contribution in [-0.2, 0) is 4.79 Å². The highest BCUT2D eigenvalue weighted by Crippen LogP contribution is 2.41. The molecule has 0 saturated carbocycles. The van der Waals surface area contributed by atoms with Crippen molar-refractivity contribution in [3.05, 3.63) is 79.3 Å². The summed E-state index contributed by atoms with van der Waals surface area (Å²) in [6, 6.07) is 14.6. The number of carbonyl (C=O) groups is 2. The Morgan fingerprint density at radius 1 is 1.19 bits per heavy atom. The summed E-state index contributed by atoms with van der Waals surface area (Å²) in [5, 5.41) is 1.80. The second kappa shape index (κ2) is 9.58. The van der Waals surface area contributed by atoms with E-state index in [9.17, 15) is 9.59 Å². The number of rotatable bonds is 5. The number of hydrogen-bond donors (Lipinski definition) is 0. The number of hydrogen-bond acceptors (Lipinski definition) is 7. The van der Waals surface area contributed by atoms with Gasteiger partial charge in [-0.1, -0.05) is 48.2 Å². The Labute approximate surface area is 207 Å². The average molecular weight is 546 g/mol. The van der Waals surface area contributed by atoms with Crippen LogP contribution in [0, 0.1) is 6.92 Å². The van der Waals surface area contributed by atoms with Crippen LogP contribution in [0.5, 0.6) is 11.5 Å². The number of para-hydroxylation sites is 1. The number of thioether (sulfide) groups is 1. The molecule has 5 nitrogen and oxygen atoms in total. The molecule has 4 rings (SSSR count). The fourth-order valence-electron chi connectivity index (χ4n) is 3.10. The van der Waals surface area contributed by atoms with Gasteiger partial charge in [0, 0.05) is 0 Å². The maximum Gasteiger partial charge on any atom is 0.353 e. The van der Waals surface area contributed by atoms with E-state index in [1.165, 1.54) is 30.2 Å². The molecule has 9 heteroatoms. The lowest BCUT2D eigenvalue weighted by atomic mass is 10.1. The number of halogens is 1. The van der Waals surface area contributed by atoms with E-state index >= 15 is 0 Å². The Balaban J connectivity index is 1.64. The molecule has 162 valence electrons. The maximum absolute atomic E-state index is 13.1. The number of aryl methyl sites for hydroxylation is 1. The Bertz CT molecular complexity index is 1250. The molecule has 0 radical (unpaired) electrons. The molecule has 0 unspecified atom stereocenters. The van der Waals surface area contributed by atoms with E-state index in [1.54, 1.807) is 40.6 Å². The van der Waals surface area contributed by atoms with E-state index in [0.717, 1.165) is 11.3 Å². The van der Waals surface area contributed by atoms with Gasteiger partial charge in [-0.3, -0.25) is 9.69 Å². The quantitative estimate of drug-likeness (QED) is 0.159. The van der Waals surface area contributed by atoms with Crippen LogP contribution in [0.25, 0.3) is 6.08 Å². The van der Waals surface area contributed by atoms with E-state index in [0.29, 0.717) is 29.9 Å². The summed E-state index contributed by atoms with van der Waals surface area (Å²) in [5.74, 6) is -0.0103. The normalized spacial score (nSPS) is 14.8. The number of thiocarbonyl (C=S) groups is 1. The largest absolute Gasteiger partial charge is 0.493 e. The molecule has 1 saturated heterocycles. The van der Waals surface area contributed by atoms with Crippen LogP contribution < -0.4 is 14.4 Å². The number of esters is 1. The highest BCUT2D eigenvalue weighted by atomic mass is 79.9. The molecule has 1 amide bonds. The van der Waals surface area contributed by atoms with Crippen molar-refractivity contribution in [1.82, 2.24) is 0 Å². The molecule has 1 aliphatic heterocycles. The fraction of sp³-hybridized carbons (Fsp3) is 0.0870. The van der Waals surface area contributed by atoms with Crippen molar-refractivity contribution in [3.63, 3.8) is 0 Å². The summed E-state index contributed by atoms with van der Waals surface area (Å²) < 4.78 is 12.0. The SMILES string of the molecule is COc1cc(/C=C2/SC(=S)N(c3ccccc3C)C2=O)cc(Br)c1OC(=O)c1cccs1. The molecule has 2 heterocycles. The number of carbonyl (C=O) groups excluding carboxylic acids is 2. The standard InChI is InChI=1S/C23H16BrNO4S3/c1-13-6-3-4-7-16(13)25-21(26)19(32-23(25)30)12-14-10-15(24)20(17(11-14)28-2)29-22(27)18-8-5-9-31-18/h3-12H,1-2H3/b19-12+. The van der Waals surface area contributed by atoms with Crippen LogP contribution in [-0.4, -0.2) is 23.3 Å². The lowest BCUT2D eigenvalue weighted by molar-refractivity contribution is -0.113. The lowest BCUT2D eigenvalue weighted by Gasteiger charge is -2.16. The van der Waals surface area contributed by atoms with Crippen molar-refractivity contribution in [3.8, 4) is 11.5 Å². The van der Waals surface area contributed by atoms with E-state index in [-0.39, 0.29) is 11.7 Å². The second-order valence-electron chi connectivity index (χ2n) is 6.70. The minimum absolute atomic E-state index is 0.183. The number of thiophene rings is 1. The Morgan fingerprint density at radius 3 is 2.66 bits per heavy atom. The first-order valence-electron chi connectivity index (χ1n) is 9.36. The molecule has 1 aromatic heterocycles.